The van der Waals surface area contributed by atoms with Gasteiger partial charge in [-0.3, -0.25) is 4.79 Å². The van der Waals surface area contributed by atoms with Crippen LogP contribution in [-0.4, -0.2) is 31.7 Å². The Morgan fingerprint density at radius 3 is 2.73 bits per heavy atom. The van der Waals surface area contributed by atoms with Gasteiger partial charge >= 0.3 is 0 Å². The Kier molecular flexibility index (Phi) is 4.13. The summed E-state index contributed by atoms with van der Waals surface area (Å²) in [6, 6.07) is -0.247. The smallest absolute Gasteiger partial charge is 0.228 e. The number of hydrogen-bond acceptors (Lipinski definition) is 3. The van der Waals surface area contributed by atoms with Gasteiger partial charge in [-0.15, -0.1) is 6.42 Å². The maximum Gasteiger partial charge on any atom is 0.228 e. The van der Waals surface area contributed by atoms with E-state index in [-0.39, 0.29) is 11.9 Å². The molecular formula is C11H18N2O2. The van der Waals surface area contributed by atoms with Gasteiger partial charge in [0, 0.05) is 19.8 Å². The molecule has 0 saturated carbocycles. The van der Waals surface area contributed by atoms with Crippen molar-refractivity contribution < 1.29 is 9.53 Å². The number of carbonyl (C=O) groups is 1. The van der Waals surface area contributed by atoms with Gasteiger partial charge in [0.05, 0.1) is 11.5 Å². The number of amides is 1. The second-order valence-electron chi connectivity index (χ2n) is 3.96. The van der Waals surface area contributed by atoms with Gasteiger partial charge in [0.2, 0.25) is 5.91 Å². The molecule has 1 rings (SSSR count). The zero-order chi connectivity index (χ0) is 11.3. The first-order chi connectivity index (χ1) is 7.14. The molecule has 1 aliphatic rings. The van der Waals surface area contributed by atoms with Crippen LogP contribution in [0.1, 0.15) is 19.8 Å². The van der Waals surface area contributed by atoms with Gasteiger partial charge in [0.15, 0.2) is 0 Å². The molecule has 1 atom stereocenters. The number of hydrogen-bond donors (Lipinski definition) is 2. The minimum atomic E-state index is -0.483. The highest BCUT2D eigenvalue weighted by Crippen LogP contribution is 2.29. The Morgan fingerprint density at radius 2 is 2.27 bits per heavy atom. The van der Waals surface area contributed by atoms with E-state index in [4.69, 9.17) is 16.9 Å². The van der Waals surface area contributed by atoms with Crippen LogP contribution in [-0.2, 0) is 9.53 Å². The molecule has 4 heteroatoms. The molecule has 1 fully saturated rings. The van der Waals surface area contributed by atoms with Gasteiger partial charge < -0.3 is 15.8 Å². The summed E-state index contributed by atoms with van der Waals surface area (Å²) in [5, 5.41) is 2.78. The molecule has 1 heterocycles. The van der Waals surface area contributed by atoms with Crippen molar-refractivity contribution in [2.24, 2.45) is 11.1 Å². The van der Waals surface area contributed by atoms with Crippen LogP contribution in [0.5, 0.6) is 0 Å². The third-order valence-corrected chi connectivity index (χ3v) is 2.92. The zero-order valence-electron chi connectivity index (χ0n) is 9.08. The Hall–Kier alpha value is -1.05. The minimum Gasteiger partial charge on any atom is -0.381 e. The summed E-state index contributed by atoms with van der Waals surface area (Å²) in [6.45, 7) is 3.31. The average Bonchev–Trinajstić information content (AvgIpc) is 2.29. The Bertz CT molecular complexity index is 264. The zero-order valence-corrected chi connectivity index (χ0v) is 9.08. The van der Waals surface area contributed by atoms with E-state index in [1.807, 2.05) is 0 Å². The second kappa shape index (κ2) is 5.15. The van der Waals surface area contributed by atoms with Gasteiger partial charge in [0.25, 0.3) is 0 Å². The lowest BCUT2D eigenvalue weighted by Crippen LogP contribution is -2.51. The topological polar surface area (TPSA) is 64.4 Å². The van der Waals surface area contributed by atoms with Gasteiger partial charge in [-0.05, 0) is 19.8 Å². The lowest BCUT2D eigenvalue weighted by molar-refractivity contribution is -0.136. The SMILES string of the molecule is C#CC(C)NC(=O)C1(CN)CCOCC1. The third kappa shape index (κ3) is 2.71. The maximum atomic E-state index is 12.0. The first-order valence-electron chi connectivity index (χ1n) is 5.19. The number of nitrogens with one attached hydrogen (secondary N) is 1. The van der Waals surface area contributed by atoms with Gasteiger partial charge in [-0.2, -0.15) is 0 Å². The van der Waals surface area contributed by atoms with Gasteiger partial charge in [0.1, 0.15) is 0 Å². The maximum absolute atomic E-state index is 12.0. The molecule has 15 heavy (non-hydrogen) atoms. The second-order valence-corrected chi connectivity index (χ2v) is 3.96. The van der Waals surface area contributed by atoms with Crippen LogP contribution in [0.2, 0.25) is 0 Å². The van der Waals surface area contributed by atoms with Crippen molar-refractivity contribution >= 4 is 5.91 Å². The largest absolute Gasteiger partial charge is 0.381 e. The highest BCUT2D eigenvalue weighted by atomic mass is 16.5. The van der Waals surface area contributed by atoms with E-state index in [0.29, 0.717) is 32.6 Å². The van der Waals surface area contributed by atoms with E-state index >= 15 is 0 Å². The summed E-state index contributed by atoms with van der Waals surface area (Å²) in [5.74, 6) is 2.43. The fourth-order valence-electron chi connectivity index (χ4n) is 1.68. The molecule has 0 spiro atoms. The molecule has 0 aromatic heterocycles. The number of nitrogens with two attached hydrogens (primary N) is 1. The lowest BCUT2D eigenvalue weighted by Gasteiger charge is -2.34. The molecule has 0 aromatic carbocycles. The molecule has 1 aliphatic heterocycles. The van der Waals surface area contributed by atoms with E-state index in [2.05, 4.69) is 11.2 Å². The normalized spacial score (nSPS) is 21.4. The quantitative estimate of drug-likeness (QED) is 0.638. The fourth-order valence-corrected chi connectivity index (χ4v) is 1.68. The van der Waals surface area contributed by atoms with Crippen molar-refractivity contribution in [3.8, 4) is 12.3 Å². The highest BCUT2D eigenvalue weighted by molar-refractivity contribution is 5.83. The van der Waals surface area contributed by atoms with Gasteiger partial charge in [-0.25, -0.2) is 0 Å². The molecule has 1 amide bonds. The van der Waals surface area contributed by atoms with E-state index < -0.39 is 5.41 Å². The van der Waals surface area contributed by atoms with E-state index in [1.165, 1.54) is 0 Å². The Balaban J connectivity index is 2.64. The van der Waals surface area contributed by atoms with Crippen LogP contribution in [0, 0.1) is 17.8 Å². The predicted molar refractivity (Wildman–Crippen MR) is 58.0 cm³/mol. The minimum absolute atomic E-state index is 0.0428. The monoisotopic (exact) mass is 210 g/mol. The molecule has 4 nitrogen and oxygen atoms in total. The molecule has 0 bridgehead atoms. The van der Waals surface area contributed by atoms with E-state index in [1.54, 1.807) is 6.92 Å². The van der Waals surface area contributed by atoms with Crippen molar-refractivity contribution in [1.29, 1.82) is 0 Å². The molecule has 84 valence electrons. The molecule has 1 unspecified atom stereocenters. The number of terminal acetylenes is 1. The van der Waals surface area contributed by atoms with Crippen molar-refractivity contribution in [3.05, 3.63) is 0 Å². The van der Waals surface area contributed by atoms with E-state index in [0.717, 1.165) is 0 Å². The van der Waals surface area contributed by atoms with Crippen LogP contribution < -0.4 is 11.1 Å². The summed E-state index contributed by atoms with van der Waals surface area (Å²) in [5.41, 5.74) is 5.21. The first kappa shape index (κ1) is 12.0. The Labute approximate surface area is 90.5 Å². The summed E-state index contributed by atoms with van der Waals surface area (Å²) < 4.78 is 5.23. The summed E-state index contributed by atoms with van der Waals surface area (Å²) in [6.07, 6.45) is 6.56. The molecule has 0 aromatic rings. The average molecular weight is 210 g/mol. The van der Waals surface area contributed by atoms with Crippen molar-refractivity contribution in [2.45, 2.75) is 25.8 Å². The summed E-state index contributed by atoms with van der Waals surface area (Å²) >= 11 is 0. The van der Waals surface area contributed by atoms with Crippen molar-refractivity contribution in [2.75, 3.05) is 19.8 Å². The first-order valence-corrected chi connectivity index (χ1v) is 5.19. The molecule has 0 aliphatic carbocycles. The standard InChI is InChI=1S/C11H18N2O2/c1-3-9(2)13-10(14)11(8-12)4-6-15-7-5-11/h1,9H,4-8,12H2,2H3,(H,13,14). The van der Waals surface area contributed by atoms with E-state index in [9.17, 15) is 4.79 Å². The van der Waals surface area contributed by atoms with Crippen LogP contribution in [0.25, 0.3) is 0 Å². The highest BCUT2D eigenvalue weighted by Gasteiger charge is 2.38. The van der Waals surface area contributed by atoms with Gasteiger partial charge in [-0.1, -0.05) is 5.92 Å². The lowest BCUT2D eigenvalue weighted by atomic mass is 9.79. The third-order valence-electron chi connectivity index (χ3n) is 2.92. The fraction of sp³-hybridized carbons (Fsp3) is 0.727. The predicted octanol–water partition coefficient (Wildman–Crippen LogP) is -0.120. The Morgan fingerprint density at radius 1 is 1.67 bits per heavy atom. The van der Waals surface area contributed by atoms with Crippen LogP contribution >= 0.6 is 0 Å². The number of ether oxygens (including phenoxy) is 1. The van der Waals surface area contributed by atoms with Crippen molar-refractivity contribution in [3.63, 3.8) is 0 Å². The van der Waals surface area contributed by atoms with Crippen LogP contribution in [0.4, 0.5) is 0 Å². The number of carbonyl (C=O) groups excluding carboxylic acids is 1. The van der Waals surface area contributed by atoms with Crippen LogP contribution in [0.3, 0.4) is 0 Å². The molecule has 3 N–H and O–H groups in total. The number of rotatable bonds is 3. The summed E-state index contributed by atoms with van der Waals surface area (Å²) in [7, 11) is 0. The molecule has 0 radical (unpaired) electrons. The summed E-state index contributed by atoms with van der Waals surface area (Å²) in [4.78, 5) is 12.0. The molecule has 1 saturated heterocycles. The van der Waals surface area contributed by atoms with Crippen molar-refractivity contribution in [1.82, 2.24) is 5.32 Å². The van der Waals surface area contributed by atoms with Crippen LogP contribution in [0.15, 0.2) is 0 Å². The molecular weight excluding hydrogens is 192 g/mol.